The van der Waals surface area contributed by atoms with Crippen molar-refractivity contribution in [1.29, 1.82) is 0 Å². The summed E-state index contributed by atoms with van der Waals surface area (Å²) in [5.41, 5.74) is 2.34. The van der Waals surface area contributed by atoms with Gasteiger partial charge in [0.25, 0.3) is 5.91 Å². The summed E-state index contributed by atoms with van der Waals surface area (Å²) in [6.07, 6.45) is 0.727. The van der Waals surface area contributed by atoms with Crippen LogP contribution in [0.5, 0.6) is 5.75 Å². The predicted molar refractivity (Wildman–Crippen MR) is 95.5 cm³/mol. The molecule has 0 bridgehead atoms. The van der Waals surface area contributed by atoms with Crippen molar-refractivity contribution in [1.82, 2.24) is 0 Å². The van der Waals surface area contributed by atoms with Gasteiger partial charge >= 0.3 is 5.97 Å². The van der Waals surface area contributed by atoms with Gasteiger partial charge in [0.05, 0.1) is 24.9 Å². The Kier molecular flexibility index (Phi) is 5.02. The van der Waals surface area contributed by atoms with Gasteiger partial charge in [-0.3, -0.25) is 9.59 Å². The van der Waals surface area contributed by atoms with Gasteiger partial charge in [-0.25, -0.2) is 4.79 Å². The molecule has 1 aliphatic heterocycles. The Morgan fingerprint density at radius 3 is 2.58 bits per heavy atom. The number of amides is 1. The summed E-state index contributed by atoms with van der Waals surface area (Å²) in [6.45, 7) is 2.20. The van der Waals surface area contributed by atoms with Gasteiger partial charge in [0.1, 0.15) is 12.0 Å². The molecule has 6 nitrogen and oxygen atoms in total. The number of rotatable bonds is 5. The molecule has 1 unspecified atom stereocenters. The number of esters is 1. The first kappa shape index (κ1) is 17.7. The van der Waals surface area contributed by atoms with Crippen molar-refractivity contribution < 1.29 is 23.9 Å². The van der Waals surface area contributed by atoms with Gasteiger partial charge in [0, 0.05) is 5.56 Å². The second-order valence-corrected chi connectivity index (χ2v) is 5.97. The standard InChI is InChI=1S/C20H19NO5/c1-3-17-19(23)21(16-10-14(12-22)6-9-18(16)26-17)11-13-4-7-15(8-5-13)20(24)25-2/h4-10,12,17H,3,11H2,1-2H3. The van der Waals surface area contributed by atoms with Gasteiger partial charge in [-0.2, -0.15) is 0 Å². The lowest BCUT2D eigenvalue weighted by atomic mass is 10.1. The first-order valence-corrected chi connectivity index (χ1v) is 8.32. The number of nitrogens with zero attached hydrogens (tertiary/aromatic N) is 1. The summed E-state index contributed by atoms with van der Waals surface area (Å²) >= 11 is 0. The van der Waals surface area contributed by atoms with Crippen LogP contribution >= 0.6 is 0 Å². The molecule has 0 saturated heterocycles. The van der Waals surface area contributed by atoms with E-state index in [9.17, 15) is 14.4 Å². The summed E-state index contributed by atoms with van der Waals surface area (Å²) in [5, 5.41) is 0. The van der Waals surface area contributed by atoms with E-state index in [0.29, 0.717) is 35.5 Å². The lowest BCUT2D eigenvalue weighted by molar-refractivity contribution is -0.126. The highest BCUT2D eigenvalue weighted by Gasteiger charge is 2.33. The number of hydrogen-bond acceptors (Lipinski definition) is 5. The molecule has 1 amide bonds. The molecular formula is C20H19NO5. The maximum absolute atomic E-state index is 12.8. The Balaban J connectivity index is 1.93. The molecule has 0 saturated carbocycles. The molecule has 0 radical (unpaired) electrons. The highest BCUT2D eigenvalue weighted by Crippen LogP contribution is 2.36. The fourth-order valence-corrected chi connectivity index (χ4v) is 2.88. The van der Waals surface area contributed by atoms with Crippen LogP contribution in [-0.2, 0) is 16.1 Å². The van der Waals surface area contributed by atoms with E-state index in [1.165, 1.54) is 7.11 Å². The minimum Gasteiger partial charge on any atom is -0.478 e. The zero-order valence-electron chi connectivity index (χ0n) is 14.6. The van der Waals surface area contributed by atoms with Crippen molar-refractivity contribution in [2.24, 2.45) is 0 Å². The van der Waals surface area contributed by atoms with Gasteiger partial charge < -0.3 is 14.4 Å². The first-order chi connectivity index (χ1) is 12.6. The molecule has 6 heteroatoms. The molecule has 0 fully saturated rings. The first-order valence-electron chi connectivity index (χ1n) is 8.32. The zero-order chi connectivity index (χ0) is 18.7. The third-order valence-electron chi connectivity index (χ3n) is 4.31. The molecule has 3 rings (SSSR count). The number of hydrogen-bond donors (Lipinski definition) is 0. The number of carbonyl (C=O) groups is 3. The average molecular weight is 353 g/mol. The SMILES string of the molecule is CCC1Oc2ccc(C=O)cc2N(Cc2ccc(C(=O)OC)cc2)C1=O. The summed E-state index contributed by atoms with van der Waals surface area (Å²) < 4.78 is 10.4. The molecule has 0 N–H and O–H groups in total. The van der Waals surface area contributed by atoms with Crippen LogP contribution in [0.1, 0.15) is 39.6 Å². The van der Waals surface area contributed by atoms with Crippen molar-refractivity contribution in [3.63, 3.8) is 0 Å². The maximum atomic E-state index is 12.8. The predicted octanol–water partition coefficient (Wildman–Crippen LogP) is 2.99. The minimum absolute atomic E-state index is 0.153. The summed E-state index contributed by atoms with van der Waals surface area (Å²) in [4.78, 5) is 37.0. The van der Waals surface area contributed by atoms with E-state index in [4.69, 9.17) is 9.47 Å². The van der Waals surface area contributed by atoms with Crippen LogP contribution in [0, 0.1) is 0 Å². The van der Waals surface area contributed by atoms with Crippen LogP contribution in [-0.4, -0.2) is 31.4 Å². The normalized spacial score (nSPS) is 15.8. The van der Waals surface area contributed by atoms with Crippen molar-refractivity contribution in [2.45, 2.75) is 26.0 Å². The van der Waals surface area contributed by atoms with Gasteiger partial charge in [-0.1, -0.05) is 19.1 Å². The smallest absolute Gasteiger partial charge is 0.337 e. The third kappa shape index (κ3) is 3.31. The van der Waals surface area contributed by atoms with E-state index in [1.54, 1.807) is 47.4 Å². The van der Waals surface area contributed by atoms with E-state index in [0.717, 1.165) is 11.8 Å². The Labute approximate surface area is 151 Å². The maximum Gasteiger partial charge on any atom is 0.337 e. The Morgan fingerprint density at radius 1 is 1.23 bits per heavy atom. The van der Waals surface area contributed by atoms with Crippen LogP contribution in [0.3, 0.4) is 0 Å². The minimum atomic E-state index is -0.557. The van der Waals surface area contributed by atoms with Crippen LogP contribution in [0.15, 0.2) is 42.5 Å². The quantitative estimate of drug-likeness (QED) is 0.610. The highest BCUT2D eigenvalue weighted by molar-refractivity contribution is 6.00. The van der Waals surface area contributed by atoms with E-state index in [1.807, 2.05) is 6.92 Å². The van der Waals surface area contributed by atoms with Crippen LogP contribution in [0.4, 0.5) is 5.69 Å². The zero-order valence-corrected chi connectivity index (χ0v) is 14.6. The van der Waals surface area contributed by atoms with Gasteiger partial charge in [0.15, 0.2) is 6.10 Å². The summed E-state index contributed by atoms with van der Waals surface area (Å²) in [5.74, 6) is 0.0133. The van der Waals surface area contributed by atoms with E-state index >= 15 is 0 Å². The Morgan fingerprint density at radius 2 is 1.96 bits per heavy atom. The van der Waals surface area contributed by atoms with Crippen LogP contribution in [0.2, 0.25) is 0 Å². The summed E-state index contributed by atoms with van der Waals surface area (Å²) in [7, 11) is 1.33. The van der Waals surface area contributed by atoms with E-state index in [2.05, 4.69) is 0 Å². The lowest BCUT2D eigenvalue weighted by Crippen LogP contribution is -2.45. The van der Waals surface area contributed by atoms with Crippen molar-refractivity contribution in [2.75, 3.05) is 12.0 Å². The number of methoxy groups -OCH3 is 1. The van der Waals surface area contributed by atoms with Crippen LogP contribution in [0.25, 0.3) is 0 Å². The number of anilines is 1. The number of carbonyl (C=O) groups excluding carboxylic acids is 3. The molecule has 1 aliphatic rings. The van der Waals surface area contributed by atoms with E-state index < -0.39 is 12.1 Å². The monoisotopic (exact) mass is 353 g/mol. The highest BCUT2D eigenvalue weighted by atomic mass is 16.5. The molecule has 1 heterocycles. The molecule has 0 aromatic heterocycles. The third-order valence-corrected chi connectivity index (χ3v) is 4.31. The van der Waals surface area contributed by atoms with Crippen molar-refractivity contribution >= 4 is 23.9 Å². The fourth-order valence-electron chi connectivity index (χ4n) is 2.88. The van der Waals surface area contributed by atoms with Crippen molar-refractivity contribution in [3.8, 4) is 5.75 Å². The van der Waals surface area contributed by atoms with Gasteiger partial charge in [-0.05, 0) is 42.3 Å². The lowest BCUT2D eigenvalue weighted by Gasteiger charge is -2.34. The van der Waals surface area contributed by atoms with E-state index in [-0.39, 0.29) is 5.91 Å². The topological polar surface area (TPSA) is 72.9 Å². The molecule has 1 atom stereocenters. The Bertz CT molecular complexity index is 844. The molecule has 0 aliphatic carbocycles. The number of aldehydes is 1. The van der Waals surface area contributed by atoms with Crippen LogP contribution < -0.4 is 9.64 Å². The summed E-state index contributed by atoms with van der Waals surface area (Å²) in [6, 6.07) is 11.9. The molecule has 26 heavy (non-hydrogen) atoms. The van der Waals surface area contributed by atoms with Crippen molar-refractivity contribution in [3.05, 3.63) is 59.2 Å². The molecular weight excluding hydrogens is 334 g/mol. The number of ether oxygens (including phenoxy) is 2. The van der Waals surface area contributed by atoms with Gasteiger partial charge in [-0.15, -0.1) is 0 Å². The second-order valence-electron chi connectivity index (χ2n) is 5.97. The molecule has 134 valence electrons. The Hall–Kier alpha value is -3.15. The molecule has 0 spiro atoms. The fraction of sp³-hybridized carbons (Fsp3) is 0.250. The second kappa shape index (κ2) is 7.39. The molecule has 2 aromatic rings. The van der Waals surface area contributed by atoms with Gasteiger partial charge in [0.2, 0.25) is 0 Å². The molecule has 2 aromatic carbocycles. The average Bonchev–Trinajstić information content (AvgIpc) is 2.69. The largest absolute Gasteiger partial charge is 0.478 e. The number of benzene rings is 2. The number of fused-ring (bicyclic) bond motifs is 1.